The summed E-state index contributed by atoms with van der Waals surface area (Å²) in [6, 6.07) is 0. The molecule has 0 spiro atoms. The normalized spacial score (nSPS) is 18.4. The molecule has 2 heterocycles. The molecule has 0 saturated carbocycles. The second-order valence-electron chi connectivity index (χ2n) is 6.74. The van der Waals surface area contributed by atoms with E-state index in [9.17, 15) is 0 Å². The molecule has 1 fully saturated rings. The zero-order valence-electron chi connectivity index (χ0n) is 15.0. The lowest BCUT2D eigenvalue weighted by atomic mass is 9.97. The van der Waals surface area contributed by atoms with Crippen LogP contribution in [0.2, 0.25) is 0 Å². The first-order valence-corrected chi connectivity index (χ1v) is 8.59. The first-order valence-electron chi connectivity index (χ1n) is 8.59. The fourth-order valence-electron chi connectivity index (χ4n) is 3.20. The predicted molar refractivity (Wildman–Crippen MR) is 107 cm³/mol. The van der Waals surface area contributed by atoms with Gasteiger partial charge < -0.3 is 10.2 Å². The van der Waals surface area contributed by atoms with Crippen LogP contribution in [0.4, 0.5) is 0 Å². The highest BCUT2D eigenvalue weighted by atomic mass is 127. The van der Waals surface area contributed by atoms with Gasteiger partial charge in [-0.1, -0.05) is 13.8 Å². The fourth-order valence-corrected chi connectivity index (χ4v) is 3.20. The van der Waals surface area contributed by atoms with Gasteiger partial charge in [0.15, 0.2) is 5.96 Å². The summed E-state index contributed by atoms with van der Waals surface area (Å²) in [5, 5.41) is 7.65. The molecule has 0 aliphatic carbocycles. The van der Waals surface area contributed by atoms with Gasteiger partial charge in [-0.3, -0.25) is 9.67 Å². The molecule has 1 aromatic rings. The summed E-state index contributed by atoms with van der Waals surface area (Å²) < 4.78 is 1.85. The van der Waals surface area contributed by atoms with E-state index in [1.165, 1.54) is 18.4 Å². The number of aryl methyl sites for hydroxylation is 1. The lowest BCUT2D eigenvalue weighted by Crippen LogP contribution is -2.40. The Bertz CT molecular complexity index is 483. The molecule has 1 aliphatic rings. The lowest BCUT2D eigenvalue weighted by molar-refractivity contribution is 0.403. The highest BCUT2D eigenvalue weighted by Crippen LogP contribution is 2.23. The van der Waals surface area contributed by atoms with E-state index in [2.05, 4.69) is 42.3 Å². The molecule has 1 aliphatic heterocycles. The second-order valence-corrected chi connectivity index (χ2v) is 6.74. The van der Waals surface area contributed by atoms with E-state index in [1.807, 2.05) is 17.9 Å². The van der Waals surface area contributed by atoms with Crippen LogP contribution in [0.5, 0.6) is 0 Å². The standard InChI is InChI=1S/C17H31N5.HI/c1-5-18-17(19-8-6-16-11-20-21(4)12-16)22-9-7-15(13-22)10-14(2)3;/h11-12,14-15H,5-10,13H2,1-4H3,(H,18,19);1H. The zero-order valence-corrected chi connectivity index (χ0v) is 17.3. The number of hydrogen-bond acceptors (Lipinski definition) is 2. The Morgan fingerprint density at radius 1 is 1.48 bits per heavy atom. The van der Waals surface area contributed by atoms with E-state index in [4.69, 9.17) is 4.99 Å². The lowest BCUT2D eigenvalue weighted by Gasteiger charge is -2.22. The van der Waals surface area contributed by atoms with E-state index < -0.39 is 0 Å². The third kappa shape index (κ3) is 6.69. The molecule has 23 heavy (non-hydrogen) atoms. The summed E-state index contributed by atoms with van der Waals surface area (Å²) in [5.41, 5.74) is 1.25. The molecule has 1 atom stereocenters. The predicted octanol–water partition coefficient (Wildman–Crippen LogP) is 2.91. The van der Waals surface area contributed by atoms with Crippen LogP contribution in [-0.2, 0) is 13.5 Å². The van der Waals surface area contributed by atoms with Crippen molar-refractivity contribution in [2.45, 2.75) is 40.0 Å². The first-order chi connectivity index (χ1) is 10.6. The quantitative estimate of drug-likeness (QED) is 0.426. The van der Waals surface area contributed by atoms with Crippen LogP contribution >= 0.6 is 24.0 Å². The molecule has 1 unspecified atom stereocenters. The van der Waals surface area contributed by atoms with Gasteiger partial charge in [0.25, 0.3) is 0 Å². The zero-order chi connectivity index (χ0) is 15.9. The Morgan fingerprint density at radius 3 is 2.87 bits per heavy atom. The minimum Gasteiger partial charge on any atom is -0.357 e. The molecule has 132 valence electrons. The van der Waals surface area contributed by atoms with Crippen molar-refractivity contribution in [2.24, 2.45) is 23.9 Å². The van der Waals surface area contributed by atoms with Crippen molar-refractivity contribution in [1.82, 2.24) is 20.0 Å². The Kier molecular flexibility index (Phi) is 8.94. The van der Waals surface area contributed by atoms with Gasteiger partial charge in [0, 0.05) is 39.4 Å². The van der Waals surface area contributed by atoms with Gasteiger partial charge in [0.1, 0.15) is 0 Å². The highest BCUT2D eigenvalue weighted by Gasteiger charge is 2.25. The average molecular weight is 433 g/mol. The van der Waals surface area contributed by atoms with E-state index in [1.54, 1.807) is 0 Å². The fraction of sp³-hybridized carbons (Fsp3) is 0.765. The Labute approximate surface area is 157 Å². The number of guanidine groups is 1. The van der Waals surface area contributed by atoms with Crippen LogP contribution in [0.15, 0.2) is 17.4 Å². The maximum absolute atomic E-state index is 4.81. The number of halogens is 1. The molecule has 0 bridgehead atoms. The summed E-state index contributed by atoms with van der Waals surface area (Å²) in [4.78, 5) is 7.24. The van der Waals surface area contributed by atoms with E-state index in [0.717, 1.165) is 50.4 Å². The highest BCUT2D eigenvalue weighted by molar-refractivity contribution is 14.0. The van der Waals surface area contributed by atoms with Gasteiger partial charge in [-0.05, 0) is 43.6 Å². The van der Waals surface area contributed by atoms with Crippen LogP contribution in [-0.4, -0.2) is 46.8 Å². The molecule has 5 nitrogen and oxygen atoms in total. The molecule has 1 aromatic heterocycles. The van der Waals surface area contributed by atoms with Crippen LogP contribution < -0.4 is 5.32 Å². The van der Waals surface area contributed by atoms with Gasteiger partial charge in [-0.25, -0.2) is 0 Å². The summed E-state index contributed by atoms with van der Waals surface area (Å²) in [7, 11) is 1.95. The van der Waals surface area contributed by atoms with Crippen molar-refractivity contribution in [3.63, 3.8) is 0 Å². The van der Waals surface area contributed by atoms with Crippen LogP contribution in [0.3, 0.4) is 0 Å². The summed E-state index contributed by atoms with van der Waals surface area (Å²) in [5.74, 6) is 2.69. The average Bonchev–Trinajstić information content (AvgIpc) is 3.06. The van der Waals surface area contributed by atoms with Gasteiger partial charge in [0.05, 0.1) is 6.20 Å². The number of hydrogen-bond donors (Lipinski definition) is 1. The minimum absolute atomic E-state index is 0. The largest absolute Gasteiger partial charge is 0.357 e. The number of rotatable bonds is 6. The molecule has 2 rings (SSSR count). The SMILES string of the molecule is CCNC(=NCCc1cnn(C)c1)N1CCC(CC(C)C)C1.I. The Morgan fingerprint density at radius 2 is 2.26 bits per heavy atom. The van der Waals surface area contributed by atoms with Gasteiger partial charge in [-0.15, -0.1) is 24.0 Å². The molecule has 1 N–H and O–H groups in total. The first kappa shape index (κ1) is 20.3. The van der Waals surface area contributed by atoms with Crippen LogP contribution in [0.1, 0.15) is 39.2 Å². The van der Waals surface area contributed by atoms with E-state index in [-0.39, 0.29) is 24.0 Å². The van der Waals surface area contributed by atoms with Gasteiger partial charge in [0.2, 0.25) is 0 Å². The van der Waals surface area contributed by atoms with Crippen molar-refractivity contribution in [3.8, 4) is 0 Å². The van der Waals surface area contributed by atoms with Gasteiger partial charge >= 0.3 is 0 Å². The van der Waals surface area contributed by atoms with Crippen LogP contribution in [0, 0.1) is 11.8 Å². The molecule has 0 radical (unpaired) electrons. The summed E-state index contributed by atoms with van der Waals surface area (Å²) >= 11 is 0. The second kappa shape index (κ2) is 10.2. The molecule has 1 saturated heterocycles. The topological polar surface area (TPSA) is 45.5 Å². The Hall–Kier alpha value is -0.790. The van der Waals surface area contributed by atoms with Crippen molar-refractivity contribution < 1.29 is 0 Å². The minimum atomic E-state index is 0. The maximum atomic E-state index is 4.81. The Balaban J connectivity index is 0.00000264. The van der Waals surface area contributed by atoms with Crippen LogP contribution in [0.25, 0.3) is 0 Å². The maximum Gasteiger partial charge on any atom is 0.193 e. The van der Waals surface area contributed by atoms with E-state index in [0.29, 0.717) is 0 Å². The molecular formula is C17H32IN5. The third-order valence-electron chi connectivity index (χ3n) is 4.15. The number of likely N-dealkylation sites (tertiary alicyclic amines) is 1. The number of nitrogens with one attached hydrogen (secondary N) is 1. The molecule has 6 heteroatoms. The van der Waals surface area contributed by atoms with E-state index >= 15 is 0 Å². The molecule has 0 aromatic carbocycles. The van der Waals surface area contributed by atoms with Crippen molar-refractivity contribution in [1.29, 1.82) is 0 Å². The smallest absolute Gasteiger partial charge is 0.193 e. The molecule has 0 amide bonds. The van der Waals surface area contributed by atoms with Crippen molar-refractivity contribution in [2.75, 3.05) is 26.2 Å². The summed E-state index contributed by atoms with van der Waals surface area (Å²) in [6.07, 6.45) is 7.57. The molecular weight excluding hydrogens is 401 g/mol. The summed E-state index contributed by atoms with van der Waals surface area (Å²) in [6.45, 7) is 10.8. The number of aliphatic imine (C=N–C) groups is 1. The monoisotopic (exact) mass is 433 g/mol. The van der Waals surface area contributed by atoms with Crippen molar-refractivity contribution in [3.05, 3.63) is 18.0 Å². The van der Waals surface area contributed by atoms with Crippen molar-refractivity contribution >= 4 is 29.9 Å². The van der Waals surface area contributed by atoms with Gasteiger partial charge in [-0.2, -0.15) is 5.10 Å². The number of aromatic nitrogens is 2. The third-order valence-corrected chi connectivity index (χ3v) is 4.15. The number of nitrogens with zero attached hydrogens (tertiary/aromatic N) is 4.